The van der Waals surface area contributed by atoms with Gasteiger partial charge in [-0.15, -0.1) is 0 Å². The molecule has 2 N–H and O–H groups in total. The van der Waals surface area contributed by atoms with E-state index in [0.717, 1.165) is 29.8 Å². The lowest BCUT2D eigenvalue weighted by molar-refractivity contribution is 0.350. The normalized spacial score (nSPS) is 21.5. The summed E-state index contributed by atoms with van der Waals surface area (Å²) in [6, 6.07) is 20.1. The van der Waals surface area contributed by atoms with Crippen molar-refractivity contribution in [2.45, 2.75) is 32.0 Å². The molecule has 3 unspecified atom stereocenters. The van der Waals surface area contributed by atoms with E-state index in [1.807, 2.05) is 12.1 Å². The van der Waals surface area contributed by atoms with Gasteiger partial charge in [-0.05, 0) is 46.9 Å². The van der Waals surface area contributed by atoms with Crippen molar-refractivity contribution in [2.24, 2.45) is 5.92 Å². The van der Waals surface area contributed by atoms with E-state index in [1.54, 1.807) is 26.4 Å². The molecule has 33 heavy (non-hydrogen) atoms. The molecule has 3 aromatic rings. The Kier molecular flexibility index (Phi) is 5.96. The van der Waals surface area contributed by atoms with Crippen LogP contribution in [0.4, 0.5) is 10.1 Å². The van der Waals surface area contributed by atoms with Crippen molar-refractivity contribution < 1.29 is 13.9 Å². The molecule has 0 saturated carbocycles. The second-order valence-electron chi connectivity index (χ2n) is 8.78. The molecule has 2 aliphatic heterocycles. The second kappa shape index (κ2) is 9.04. The van der Waals surface area contributed by atoms with Crippen LogP contribution in [0.15, 0.2) is 60.7 Å². The lowest BCUT2D eigenvalue weighted by Crippen LogP contribution is -2.39. The van der Waals surface area contributed by atoms with Crippen molar-refractivity contribution in [3.05, 3.63) is 88.7 Å². The molecular weight excluding hydrogens is 417 g/mol. The SMILES string of the molecule is CCc1ccc(C2NNC3c4cc(OC)c(OC)cc4N(Cc4cccc(F)c4)CC23)cc1. The zero-order valence-corrected chi connectivity index (χ0v) is 19.3. The van der Waals surface area contributed by atoms with Gasteiger partial charge in [0.15, 0.2) is 11.5 Å². The molecule has 0 aliphatic carbocycles. The quantitative estimate of drug-likeness (QED) is 0.561. The number of nitrogens with one attached hydrogen (secondary N) is 2. The van der Waals surface area contributed by atoms with Crippen LogP contribution in [0.1, 0.15) is 41.3 Å². The molecule has 172 valence electrons. The van der Waals surface area contributed by atoms with E-state index in [2.05, 4.69) is 53.0 Å². The number of anilines is 1. The highest BCUT2D eigenvalue weighted by atomic mass is 19.1. The lowest BCUT2D eigenvalue weighted by Gasteiger charge is -2.39. The molecule has 1 saturated heterocycles. The van der Waals surface area contributed by atoms with Gasteiger partial charge in [-0.25, -0.2) is 15.2 Å². The number of methoxy groups -OCH3 is 2. The first-order valence-electron chi connectivity index (χ1n) is 11.5. The molecule has 6 heteroatoms. The number of aryl methyl sites for hydroxylation is 1. The van der Waals surface area contributed by atoms with Crippen LogP contribution in [0, 0.1) is 11.7 Å². The van der Waals surface area contributed by atoms with Gasteiger partial charge in [-0.1, -0.05) is 43.3 Å². The minimum atomic E-state index is -0.215. The van der Waals surface area contributed by atoms with Gasteiger partial charge in [0.05, 0.1) is 26.3 Å². The fourth-order valence-corrected chi connectivity index (χ4v) is 5.16. The summed E-state index contributed by atoms with van der Waals surface area (Å²) in [5.74, 6) is 1.47. The summed E-state index contributed by atoms with van der Waals surface area (Å²) in [5, 5.41) is 0. The second-order valence-corrected chi connectivity index (χ2v) is 8.78. The highest BCUT2D eigenvalue weighted by molar-refractivity contribution is 5.65. The number of ether oxygens (including phenoxy) is 2. The number of fused-ring (bicyclic) bond motifs is 3. The van der Waals surface area contributed by atoms with Gasteiger partial charge in [0.2, 0.25) is 0 Å². The summed E-state index contributed by atoms with van der Waals surface area (Å²) in [6.07, 6.45) is 1.03. The van der Waals surface area contributed by atoms with E-state index in [1.165, 1.54) is 17.2 Å². The zero-order valence-electron chi connectivity index (χ0n) is 19.3. The van der Waals surface area contributed by atoms with Crippen molar-refractivity contribution in [1.29, 1.82) is 0 Å². The third kappa shape index (κ3) is 4.05. The number of hydrazine groups is 1. The number of rotatable bonds is 6. The van der Waals surface area contributed by atoms with Crippen molar-refractivity contribution in [1.82, 2.24) is 10.9 Å². The van der Waals surface area contributed by atoms with Crippen molar-refractivity contribution in [2.75, 3.05) is 25.7 Å². The van der Waals surface area contributed by atoms with Crippen LogP contribution >= 0.6 is 0 Å². The molecule has 3 atom stereocenters. The van der Waals surface area contributed by atoms with E-state index >= 15 is 0 Å². The number of nitrogens with zero attached hydrogens (tertiary/aromatic N) is 1. The predicted molar refractivity (Wildman–Crippen MR) is 128 cm³/mol. The number of benzene rings is 3. The Labute approximate surface area is 194 Å². The molecule has 5 rings (SSSR count). The highest BCUT2D eigenvalue weighted by Gasteiger charge is 2.43. The standard InChI is InChI=1S/C27H30FN3O2/c1-4-17-8-10-19(11-9-17)26-22-16-31(15-18-6-5-7-20(28)12-18)23-14-25(33-3)24(32-2)13-21(23)27(22)30-29-26/h5-14,22,26-27,29-30H,4,15-16H2,1-3H3. The Hall–Kier alpha value is -3.09. The topological polar surface area (TPSA) is 45.8 Å². The lowest BCUT2D eigenvalue weighted by atomic mass is 9.81. The number of halogens is 1. The monoisotopic (exact) mass is 447 g/mol. The number of hydrogen-bond acceptors (Lipinski definition) is 5. The van der Waals surface area contributed by atoms with Crippen LogP contribution in [0.3, 0.4) is 0 Å². The van der Waals surface area contributed by atoms with Gasteiger partial charge in [-0.3, -0.25) is 0 Å². The maximum absolute atomic E-state index is 13.9. The Morgan fingerprint density at radius 3 is 2.33 bits per heavy atom. The van der Waals surface area contributed by atoms with Gasteiger partial charge in [0.25, 0.3) is 0 Å². The van der Waals surface area contributed by atoms with Gasteiger partial charge >= 0.3 is 0 Å². The van der Waals surface area contributed by atoms with Gasteiger partial charge in [-0.2, -0.15) is 0 Å². The molecule has 0 spiro atoms. The Balaban J connectivity index is 1.54. The molecule has 0 radical (unpaired) electrons. The molecule has 3 aromatic carbocycles. The van der Waals surface area contributed by atoms with Crippen LogP contribution in [0.25, 0.3) is 0 Å². The first-order valence-corrected chi connectivity index (χ1v) is 11.5. The predicted octanol–water partition coefficient (Wildman–Crippen LogP) is 4.93. The fourth-order valence-electron chi connectivity index (χ4n) is 5.16. The third-order valence-corrected chi connectivity index (χ3v) is 6.90. The smallest absolute Gasteiger partial charge is 0.162 e. The number of hydrogen-bond donors (Lipinski definition) is 2. The molecule has 2 heterocycles. The van der Waals surface area contributed by atoms with E-state index in [-0.39, 0.29) is 23.8 Å². The van der Waals surface area contributed by atoms with Crippen LogP contribution in [-0.4, -0.2) is 20.8 Å². The summed E-state index contributed by atoms with van der Waals surface area (Å²) in [5.41, 5.74) is 12.9. The first-order chi connectivity index (χ1) is 16.1. The molecule has 1 fully saturated rings. The molecule has 0 aromatic heterocycles. The van der Waals surface area contributed by atoms with Crippen LogP contribution in [-0.2, 0) is 13.0 Å². The third-order valence-electron chi connectivity index (χ3n) is 6.90. The van der Waals surface area contributed by atoms with E-state index in [4.69, 9.17) is 9.47 Å². The maximum Gasteiger partial charge on any atom is 0.162 e. The Morgan fingerprint density at radius 1 is 0.909 bits per heavy atom. The Bertz CT molecular complexity index is 1130. The summed E-state index contributed by atoms with van der Waals surface area (Å²) < 4.78 is 25.1. The molecular formula is C27H30FN3O2. The Morgan fingerprint density at radius 2 is 1.64 bits per heavy atom. The average Bonchev–Trinajstić information content (AvgIpc) is 3.27. The largest absolute Gasteiger partial charge is 0.493 e. The highest BCUT2D eigenvalue weighted by Crippen LogP contribution is 2.48. The summed E-state index contributed by atoms with van der Waals surface area (Å²) in [7, 11) is 3.31. The van der Waals surface area contributed by atoms with Crippen molar-refractivity contribution in [3.8, 4) is 11.5 Å². The van der Waals surface area contributed by atoms with E-state index in [0.29, 0.717) is 18.0 Å². The van der Waals surface area contributed by atoms with Crippen LogP contribution in [0.2, 0.25) is 0 Å². The summed E-state index contributed by atoms with van der Waals surface area (Å²) in [4.78, 5) is 2.33. The fraction of sp³-hybridized carbons (Fsp3) is 0.333. The van der Waals surface area contributed by atoms with Crippen LogP contribution < -0.4 is 25.2 Å². The van der Waals surface area contributed by atoms with E-state index < -0.39 is 0 Å². The minimum absolute atomic E-state index is 0.124. The van der Waals surface area contributed by atoms with E-state index in [9.17, 15) is 4.39 Å². The van der Waals surface area contributed by atoms with Crippen molar-refractivity contribution in [3.63, 3.8) is 0 Å². The molecule has 2 aliphatic rings. The van der Waals surface area contributed by atoms with Gasteiger partial charge in [0, 0.05) is 30.8 Å². The average molecular weight is 448 g/mol. The maximum atomic E-state index is 13.9. The van der Waals surface area contributed by atoms with Gasteiger partial charge in [0.1, 0.15) is 5.82 Å². The minimum Gasteiger partial charge on any atom is -0.493 e. The zero-order chi connectivity index (χ0) is 22.9. The molecule has 0 bridgehead atoms. The molecule has 0 amide bonds. The van der Waals surface area contributed by atoms with Crippen LogP contribution in [0.5, 0.6) is 11.5 Å². The van der Waals surface area contributed by atoms with Gasteiger partial charge < -0.3 is 14.4 Å². The summed E-state index contributed by atoms with van der Waals surface area (Å²) >= 11 is 0. The molecule has 5 nitrogen and oxygen atoms in total. The first kappa shape index (κ1) is 21.7. The summed E-state index contributed by atoms with van der Waals surface area (Å²) in [6.45, 7) is 3.61. The van der Waals surface area contributed by atoms with Crippen molar-refractivity contribution >= 4 is 5.69 Å².